The minimum absolute atomic E-state index is 0. The van der Waals surface area contributed by atoms with Crippen LogP contribution in [-0.2, 0) is 10.2 Å². The number of nitrogens with one attached hydrogen (secondary N) is 1. The van der Waals surface area contributed by atoms with Gasteiger partial charge in [-0.15, -0.1) is 23.7 Å². The largest absolute Gasteiger partial charge is 0.458 e. The maximum absolute atomic E-state index is 12.3. The topological polar surface area (TPSA) is 38.3 Å². The van der Waals surface area contributed by atoms with Crippen molar-refractivity contribution in [3.05, 3.63) is 56.2 Å². The Labute approximate surface area is 167 Å². The first-order chi connectivity index (χ1) is 11.6. The summed E-state index contributed by atoms with van der Waals surface area (Å²) >= 11 is 13.7. The van der Waals surface area contributed by atoms with Crippen molar-refractivity contribution in [1.82, 2.24) is 5.32 Å². The molecule has 2 fully saturated rings. The van der Waals surface area contributed by atoms with Gasteiger partial charge in [-0.2, -0.15) is 0 Å². The van der Waals surface area contributed by atoms with Crippen molar-refractivity contribution in [2.75, 3.05) is 13.1 Å². The van der Waals surface area contributed by atoms with Gasteiger partial charge in [-0.1, -0.05) is 35.3 Å². The van der Waals surface area contributed by atoms with Crippen LogP contribution >= 0.6 is 46.9 Å². The molecule has 2 aromatic rings. The summed E-state index contributed by atoms with van der Waals surface area (Å²) in [4.78, 5) is 12.9. The van der Waals surface area contributed by atoms with Crippen LogP contribution in [0.3, 0.4) is 0 Å². The van der Waals surface area contributed by atoms with Crippen LogP contribution < -0.4 is 5.32 Å². The van der Waals surface area contributed by atoms with Crippen molar-refractivity contribution in [3.8, 4) is 0 Å². The summed E-state index contributed by atoms with van der Waals surface area (Å²) in [5, 5.41) is 6.52. The van der Waals surface area contributed by atoms with E-state index in [-0.39, 0.29) is 29.9 Å². The second-order valence-corrected chi connectivity index (χ2v) is 8.32. The molecular weight excluding hydrogens is 401 g/mol. The van der Waals surface area contributed by atoms with Crippen molar-refractivity contribution >= 4 is 52.9 Å². The quantitative estimate of drug-likeness (QED) is 0.716. The lowest BCUT2D eigenvalue weighted by atomic mass is 9.74. The Morgan fingerprint density at radius 2 is 2.12 bits per heavy atom. The van der Waals surface area contributed by atoms with Gasteiger partial charge in [-0.3, -0.25) is 0 Å². The van der Waals surface area contributed by atoms with Gasteiger partial charge in [0, 0.05) is 12.0 Å². The molecule has 1 N–H and O–H groups in total. The van der Waals surface area contributed by atoms with E-state index in [1.165, 1.54) is 16.9 Å². The molecule has 4 rings (SSSR count). The molecule has 1 saturated carbocycles. The number of carbonyl (C=O) groups excluding carboxylic acids is 1. The van der Waals surface area contributed by atoms with Gasteiger partial charge >= 0.3 is 5.97 Å². The summed E-state index contributed by atoms with van der Waals surface area (Å²) in [6, 6.07) is 9.55. The van der Waals surface area contributed by atoms with Crippen molar-refractivity contribution in [2.24, 2.45) is 5.92 Å². The smallest absolute Gasteiger partial charge is 0.348 e. The molecule has 25 heavy (non-hydrogen) atoms. The highest BCUT2D eigenvalue weighted by molar-refractivity contribution is 7.11. The van der Waals surface area contributed by atoms with E-state index in [1.54, 1.807) is 6.07 Å². The lowest BCUT2D eigenvalue weighted by Gasteiger charge is -2.29. The zero-order chi connectivity index (χ0) is 16.7. The summed E-state index contributed by atoms with van der Waals surface area (Å²) in [6.07, 6.45) is 1.64. The van der Waals surface area contributed by atoms with Gasteiger partial charge in [0.1, 0.15) is 11.0 Å². The average Bonchev–Trinajstić information content (AvgIpc) is 3.25. The van der Waals surface area contributed by atoms with E-state index < -0.39 is 0 Å². The molecule has 3 nitrogen and oxygen atoms in total. The Bertz CT molecular complexity index is 768. The number of ether oxygens (including phenoxy) is 1. The number of fused-ring (bicyclic) bond motifs is 1. The number of halogens is 3. The first-order valence-corrected chi connectivity index (χ1v) is 9.63. The SMILES string of the molecule is Cl.O=C(O[C@@H]1C[C@@H]2CNC[C@]2(c2ccc(Cl)c(Cl)c2)C1)c1cccs1. The van der Waals surface area contributed by atoms with Crippen LogP contribution in [0.1, 0.15) is 28.1 Å². The Balaban J connectivity index is 0.00000182. The van der Waals surface area contributed by atoms with Gasteiger partial charge < -0.3 is 10.1 Å². The van der Waals surface area contributed by atoms with Crippen LogP contribution in [0, 0.1) is 5.92 Å². The molecule has 0 amide bonds. The highest BCUT2D eigenvalue weighted by Gasteiger charge is 2.52. The molecular formula is C18H18Cl3NO2S. The van der Waals surface area contributed by atoms with Gasteiger partial charge in [-0.05, 0) is 54.4 Å². The number of esters is 1. The van der Waals surface area contributed by atoms with Crippen LogP contribution in [0.15, 0.2) is 35.7 Å². The van der Waals surface area contributed by atoms with Crippen molar-refractivity contribution < 1.29 is 9.53 Å². The number of rotatable bonds is 3. The van der Waals surface area contributed by atoms with Crippen molar-refractivity contribution in [2.45, 2.75) is 24.4 Å². The van der Waals surface area contributed by atoms with E-state index >= 15 is 0 Å². The van der Waals surface area contributed by atoms with E-state index in [1.807, 2.05) is 23.6 Å². The highest BCUT2D eigenvalue weighted by atomic mass is 35.5. The number of benzene rings is 1. The fraction of sp³-hybridized carbons (Fsp3) is 0.389. The molecule has 1 aliphatic heterocycles. The van der Waals surface area contributed by atoms with Gasteiger partial charge in [0.05, 0.1) is 10.0 Å². The second-order valence-electron chi connectivity index (χ2n) is 6.56. The predicted molar refractivity (Wildman–Crippen MR) is 105 cm³/mol. The molecule has 3 atom stereocenters. The van der Waals surface area contributed by atoms with Crippen LogP contribution in [0.4, 0.5) is 0 Å². The Kier molecular flexibility index (Phi) is 5.66. The molecule has 0 spiro atoms. The normalized spacial score (nSPS) is 27.6. The van der Waals surface area contributed by atoms with Crippen LogP contribution in [-0.4, -0.2) is 25.2 Å². The van der Waals surface area contributed by atoms with E-state index in [9.17, 15) is 4.79 Å². The third-order valence-electron chi connectivity index (χ3n) is 5.24. The molecule has 0 radical (unpaired) electrons. The third kappa shape index (κ3) is 3.43. The molecule has 7 heteroatoms. The Hall–Kier alpha value is -0.780. The van der Waals surface area contributed by atoms with E-state index in [4.69, 9.17) is 27.9 Å². The third-order valence-corrected chi connectivity index (χ3v) is 6.83. The van der Waals surface area contributed by atoms with Gasteiger partial charge in [0.2, 0.25) is 0 Å². The lowest BCUT2D eigenvalue weighted by molar-refractivity contribution is 0.0303. The number of carbonyl (C=O) groups is 1. The highest BCUT2D eigenvalue weighted by Crippen LogP contribution is 2.49. The summed E-state index contributed by atoms with van der Waals surface area (Å²) in [7, 11) is 0. The number of thiophene rings is 1. The summed E-state index contributed by atoms with van der Waals surface area (Å²) in [5.41, 5.74) is 1.15. The Morgan fingerprint density at radius 3 is 2.84 bits per heavy atom. The van der Waals surface area contributed by atoms with Crippen LogP contribution in [0.25, 0.3) is 0 Å². The molecule has 2 heterocycles. The fourth-order valence-electron chi connectivity index (χ4n) is 4.12. The summed E-state index contributed by atoms with van der Waals surface area (Å²) in [5.74, 6) is 0.225. The molecule has 1 saturated heterocycles. The molecule has 1 aliphatic carbocycles. The van der Waals surface area contributed by atoms with Crippen LogP contribution in [0.2, 0.25) is 10.0 Å². The van der Waals surface area contributed by atoms with Gasteiger partial charge in [0.15, 0.2) is 0 Å². The predicted octanol–water partition coefficient (Wildman–Crippen LogP) is 4.95. The first kappa shape index (κ1) is 19.0. The number of hydrogen-bond acceptors (Lipinski definition) is 4. The van der Waals surface area contributed by atoms with E-state index in [0.717, 1.165) is 25.9 Å². The molecule has 2 aliphatic rings. The maximum Gasteiger partial charge on any atom is 0.348 e. The average molecular weight is 419 g/mol. The summed E-state index contributed by atoms with van der Waals surface area (Å²) < 4.78 is 5.78. The minimum atomic E-state index is -0.216. The van der Waals surface area contributed by atoms with Gasteiger partial charge in [-0.25, -0.2) is 4.79 Å². The maximum atomic E-state index is 12.3. The van der Waals surface area contributed by atoms with E-state index in [0.29, 0.717) is 20.8 Å². The fourth-order valence-corrected chi connectivity index (χ4v) is 5.02. The van der Waals surface area contributed by atoms with Crippen molar-refractivity contribution in [1.29, 1.82) is 0 Å². The summed E-state index contributed by atoms with van der Waals surface area (Å²) in [6.45, 7) is 1.82. The molecule has 0 bridgehead atoms. The molecule has 1 aromatic heterocycles. The Morgan fingerprint density at radius 1 is 1.28 bits per heavy atom. The molecule has 0 unspecified atom stereocenters. The van der Waals surface area contributed by atoms with Crippen molar-refractivity contribution in [3.63, 3.8) is 0 Å². The molecule has 134 valence electrons. The minimum Gasteiger partial charge on any atom is -0.458 e. The zero-order valence-corrected chi connectivity index (χ0v) is 16.5. The lowest BCUT2D eigenvalue weighted by Crippen LogP contribution is -2.32. The monoisotopic (exact) mass is 417 g/mol. The van der Waals surface area contributed by atoms with Crippen LogP contribution in [0.5, 0.6) is 0 Å². The first-order valence-electron chi connectivity index (χ1n) is 7.99. The molecule has 1 aromatic carbocycles. The second kappa shape index (κ2) is 7.45. The zero-order valence-electron chi connectivity index (χ0n) is 13.3. The van der Waals surface area contributed by atoms with Gasteiger partial charge in [0.25, 0.3) is 0 Å². The van der Waals surface area contributed by atoms with E-state index in [2.05, 4.69) is 11.4 Å². The number of hydrogen-bond donors (Lipinski definition) is 1. The standard InChI is InChI=1S/C18H17Cl2NO2S.ClH/c19-14-4-3-11(7-15(14)20)18-8-13(6-12(18)9-21-10-18)23-17(22)16-2-1-5-24-16;/h1-5,7,12-13,21H,6,8-10H2;1H/t12-,13-,18+;/m1./s1.